The van der Waals surface area contributed by atoms with Gasteiger partial charge < -0.3 is 15.0 Å². The van der Waals surface area contributed by atoms with E-state index in [4.69, 9.17) is 5.11 Å². The van der Waals surface area contributed by atoms with Crippen LogP contribution in [0, 0.1) is 5.92 Å². The van der Waals surface area contributed by atoms with Crippen molar-refractivity contribution in [3.8, 4) is 0 Å². The Bertz CT molecular complexity index is 533. The van der Waals surface area contributed by atoms with E-state index < -0.39 is 17.2 Å². The molecule has 1 saturated heterocycles. The number of aliphatic hydroxyl groups excluding tert-OH is 1. The van der Waals surface area contributed by atoms with Gasteiger partial charge in [0.2, 0.25) is 0 Å². The van der Waals surface area contributed by atoms with Gasteiger partial charge in [0.15, 0.2) is 0 Å². The lowest BCUT2D eigenvalue weighted by molar-refractivity contribution is 0.0779. The highest BCUT2D eigenvalue weighted by atomic mass is 16.3. The molecule has 7 heteroatoms. The summed E-state index contributed by atoms with van der Waals surface area (Å²) in [5.41, 5.74) is -1.41. The van der Waals surface area contributed by atoms with Gasteiger partial charge in [0, 0.05) is 31.8 Å². The van der Waals surface area contributed by atoms with Crippen molar-refractivity contribution in [2.75, 3.05) is 19.7 Å². The van der Waals surface area contributed by atoms with E-state index in [0.29, 0.717) is 13.1 Å². The molecule has 1 aromatic heterocycles. The van der Waals surface area contributed by atoms with Crippen molar-refractivity contribution >= 4 is 5.91 Å². The summed E-state index contributed by atoms with van der Waals surface area (Å²) in [5.74, 6) is -0.348. The minimum absolute atomic E-state index is 0.0335. The number of likely N-dealkylation sites (tertiary alicyclic amines) is 1. The Labute approximate surface area is 96.1 Å². The van der Waals surface area contributed by atoms with E-state index in [-0.39, 0.29) is 18.1 Å². The summed E-state index contributed by atoms with van der Waals surface area (Å²) in [6, 6.07) is 0. The number of hydrogen-bond donors (Lipinski definition) is 3. The van der Waals surface area contributed by atoms with Crippen molar-refractivity contribution in [2.24, 2.45) is 5.92 Å². The Morgan fingerprint density at radius 2 is 2.29 bits per heavy atom. The summed E-state index contributed by atoms with van der Waals surface area (Å²) < 4.78 is 0. The highest BCUT2D eigenvalue weighted by molar-refractivity contribution is 5.93. The first kappa shape index (κ1) is 11.6. The smallest absolute Gasteiger partial charge is 0.325 e. The van der Waals surface area contributed by atoms with Crippen LogP contribution in [0.1, 0.15) is 16.8 Å². The number of aliphatic hydroxyl groups is 1. The van der Waals surface area contributed by atoms with Crippen LogP contribution in [0.5, 0.6) is 0 Å². The largest absolute Gasteiger partial charge is 0.396 e. The predicted molar refractivity (Wildman–Crippen MR) is 58.8 cm³/mol. The maximum atomic E-state index is 11.9. The molecule has 1 aliphatic rings. The first-order chi connectivity index (χ1) is 8.11. The minimum atomic E-state index is -0.689. The molecule has 0 saturated carbocycles. The van der Waals surface area contributed by atoms with Crippen molar-refractivity contribution < 1.29 is 9.90 Å². The molecule has 1 fully saturated rings. The second-order valence-corrected chi connectivity index (χ2v) is 4.07. The van der Waals surface area contributed by atoms with Gasteiger partial charge in [0.05, 0.1) is 0 Å². The third-order valence-corrected chi connectivity index (χ3v) is 2.88. The van der Waals surface area contributed by atoms with Gasteiger partial charge in [0.1, 0.15) is 5.56 Å². The monoisotopic (exact) mass is 239 g/mol. The molecule has 1 aliphatic heterocycles. The van der Waals surface area contributed by atoms with Crippen molar-refractivity contribution in [1.82, 2.24) is 14.9 Å². The number of aromatic nitrogens is 2. The van der Waals surface area contributed by atoms with Crippen molar-refractivity contribution in [2.45, 2.75) is 6.42 Å². The Hall–Kier alpha value is -1.89. The molecule has 2 rings (SSSR count). The summed E-state index contributed by atoms with van der Waals surface area (Å²) in [7, 11) is 0. The Balaban J connectivity index is 2.21. The summed E-state index contributed by atoms with van der Waals surface area (Å²) in [6.45, 7) is 0.988. The van der Waals surface area contributed by atoms with E-state index in [1.165, 1.54) is 4.90 Å². The number of aromatic amines is 2. The number of carbonyl (C=O) groups is 1. The zero-order valence-corrected chi connectivity index (χ0v) is 9.10. The molecule has 2 heterocycles. The molecule has 1 aromatic rings. The van der Waals surface area contributed by atoms with Gasteiger partial charge in [-0.1, -0.05) is 0 Å². The Morgan fingerprint density at radius 1 is 1.53 bits per heavy atom. The number of amides is 1. The van der Waals surface area contributed by atoms with Gasteiger partial charge in [0.25, 0.3) is 11.5 Å². The van der Waals surface area contributed by atoms with E-state index in [0.717, 1.165) is 12.6 Å². The van der Waals surface area contributed by atoms with E-state index in [9.17, 15) is 14.4 Å². The van der Waals surface area contributed by atoms with Crippen molar-refractivity contribution in [1.29, 1.82) is 0 Å². The van der Waals surface area contributed by atoms with E-state index in [1.807, 2.05) is 4.98 Å². The molecule has 1 amide bonds. The number of nitrogens with zero attached hydrogens (tertiary/aromatic N) is 1. The van der Waals surface area contributed by atoms with Gasteiger partial charge in [-0.05, 0) is 6.42 Å². The summed E-state index contributed by atoms with van der Waals surface area (Å²) in [4.78, 5) is 39.9. The average molecular weight is 239 g/mol. The first-order valence-corrected chi connectivity index (χ1v) is 5.34. The molecule has 17 heavy (non-hydrogen) atoms. The van der Waals surface area contributed by atoms with Gasteiger partial charge in [-0.2, -0.15) is 0 Å². The third-order valence-electron chi connectivity index (χ3n) is 2.88. The van der Waals surface area contributed by atoms with Gasteiger partial charge in [-0.3, -0.25) is 14.6 Å². The van der Waals surface area contributed by atoms with Crippen molar-refractivity contribution in [3.63, 3.8) is 0 Å². The lowest BCUT2D eigenvalue weighted by atomic mass is 10.1. The molecule has 92 valence electrons. The Morgan fingerprint density at radius 3 is 2.88 bits per heavy atom. The summed E-state index contributed by atoms with van der Waals surface area (Å²) >= 11 is 0. The first-order valence-electron chi connectivity index (χ1n) is 5.34. The standard InChI is InChI=1S/C10H13N3O4/c14-5-6-1-2-13(4-6)9(16)7-3-11-10(17)12-8(7)15/h3,6,14H,1-2,4-5H2,(H2,11,12,15,17). The van der Waals surface area contributed by atoms with Crippen LogP contribution < -0.4 is 11.2 Å². The fraction of sp³-hybridized carbons (Fsp3) is 0.500. The predicted octanol–water partition coefficient (Wildman–Crippen LogP) is -1.48. The van der Waals surface area contributed by atoms with Crippen LogP contribution in [0.4, 0.5) is 0 Å². The highest BCUT2D eigenvalue weighted by Crippen LogP contribution is 2.16. The van der Waals surface area contributed by atoms with Crippen LogP contribution in [0.15, 0.2) is 15.8 Å². The zero-order chi connectivity index (χ0) is 12.4. The van der Waals surface area contributed by atoms with Gasteiger partial charge in [-0.15, -0.1) is 0 Å². The van der Waals surface area contributed by atoms with Crippen LogP contribution in [-0.4, -0.2) is 45.6 Å². The SMILES string of the molecule is O=C(c1c[nH]c(=O)[nH]c1=O)N1CCC(CO)C1. The van der Waals surface area contributed by atoms with Crippen molar-refractivity contribution in [3.05, 3.63) is 32.6 Å². The van der Waals surface area contributed by atoms with E-state index in [1.54, 1.807) is 0 Å². The molecule has 0 radical (unpaired) electrons. The zero-order valence-electron chi connectivity index (χ0n) is 9.10. The lowest BCUT2D eigenvalue weighted by Crippen LogP contribution is -2.35. The molecule has 0 bridgehead atoms. The van der Waals surface area contributed by atoms with Crippen LogP contribution in [-0.2, 0) is 0 Å². The quantitative estimate of drug-likeness (QED) is 0.585. The molecule has 1 atom stereocenters. The average Bonchev–Trinajstić information content (AvgIpc) is 2.76. The van der Waals surface area contributed by atoms with Crippen LogP contribution >= 0.6 is 0 Å². The maximum Gasteiger partial charge on any atom is 0.325 e. The fourth-order valence-electron chi connectivity index (χ4n) is 1.91. The molecule has 0 aliphatic carbocycles. The van der Waals surface area contributed by atoms with Gasteiger partial charge >= 0.3 is 5.69 Å². The highest BCUT2D eigenvalue weighted by Gasteiger charge is 2.27. The summed E-state index contributed by atoms with van der Waals surface area (Å²) in [6.07, 6.45) is 1.85. The van der Waals surface area contributed by atoms with E-state index in [2.05, 4.69) is 4.98 Å². The molecule has 0 spiro atoms. The lowest BCUT2D eigenvalue weighted by Gasteiger charge is -2.15. The number of carbonyl (C=O) groups excluding carboxylic acids is 1. The second-order valence-electron chi connectivity index (χ2n) is 4.07. The number of nitrogens with one attached hydrogen (secondary N) is 2. The van der Waals surface area contributed by atoms with Crippen LogP contribution in [0.25, 0.3) is 0 Å². The number of rotatable bonds is 2. The minimum Gasteiger partial charge on any atom is -0.396 e. The van der Waals surface area contributed by atoms with Crippen LogP contribution in [0.2, 0.25) is 0 Å². The topological polar surface area (TPSA) is 106 Å². The number of hydrogen-bond acceptors (Lipinski definition) is 4. The maximum absolute atomic E-state index is 11.9. The number of H-pyrrole nitrogens is 2. The Kier molecular flexibility index (Phi) is 3.10. The summed E-state index contributed by atoms with van der Waals surface area (Å²) in [5, 5.41) is 8.97. The molecule has 7 nitrogen and oxygen atoms in total. The third kappa shape index (κ3) is 2.28. The normalized spacial score (nSPS) is 19.6. The molecular weight excluding hydrogens is 226 g/mol. The molecule has 0 aromatic carbocycles. The molecule has 3 N–H and O–H groups in total. The molecule has 1 unspecified atom stereocenters. The van der Waals surface area contributed by atoms with E-state index >= 15 is 0 Å². The molecular formula is C10H13N3O4. The fourth-order valence-corrected chi connectivity index (χ4v) is 1.91. The van der Waals surface area contributed by atoms with Crippen LogP contribution in [0.3, 0.4) is 0 Å². The second kappa shape index (κ2) is 4.54. The van der Waals surface area contributed by atoms with Gasteiger partial charge in [-0.25, -0.2) is 4.79 Å².